The second-order valence-electron chi connectivity index (χ2n) is 5.08. The third kappa shape index (κ3) is 2.50. The normalized spacial score (nSPS) is 18.5. The van der Waals surface area contributed by atoms with Crippen molar-refractivity contribution in [3.05, 3.63) is 71.3 Å². The molecule has 0 radical (unpaired) electrons. The summed E-state index contributed by atoms with van der Waals surface area (Å²) in [4.78, 5) is 24.3. The van der Waals surface area contributed by atoms with E-state index in [-0.39, 0.29) is 18.2 Å². The molecule has 0 aliphatic carbocycles. The summed E-state index contributed by atoms with van der Waals surface area (Å²) in [5.41, 5.74) is 4.16. The summed E-state index contributed by atoms with van der Waals surface area (Å²) in [5.74, 6) is -0.605. The first-order valence-corrected chi connectivity index (χ1v) is 6.85. The molecular formula is C18H15NO2. The molecule has 3 rings (SSSR count). The average Bonchev–Trinajstić information content (AvgIpc) is 2.47. The number of carbonyl (C=O) groups is 2. The number of carbonyl (C=O) groups excluding carboxylic acids is 2. The van der Waals surface area contributed by atoms with Crippen LogP contribution in [0.4, 0.5) is 0 Å². The molecule has 0 saturated heterocycles. The van der Waals surface area contributed by atoms with Crippen LogP contribution in [0.25, 0.3) is 11.1 Å². The molecule has 104 valence electrons. The zero-order valence-corrected chi connectivity index (χ0v) is 11.7. The lowest BCUT2D eigenvalue weighted by molar-refractivity contribution is -0.127. The van der Waals surface area contributed by atoms with Crippen molar-refractivity contribution in [2.45, 2.75) is 13.3 Å². The molecule has 2 aromatic rings. The smallest absolute Gasteiger partial charge is 0.258 e. The highest BCUT2D eigenvalue weighted by Crippen LogP contribution is 2.30. The van der Waals surface area contributed by atoms with Gasteiger partial charge in [0.1, 0.15) is 0 Å². The quantitative estimate of drug-likeness (QED) is 0.815. The van der Waals surface area contributed by atoms with Crippen LogP contribution in [0.3, 0.4) is 0 Å². The Labute approximate surface area is 123 Å². The minimum Gasteiger partial charge on any atom is -0.292 e. The van der Waals surface area contributed by atoms with Crippen LogP contribution < -0.4 is 5.32 Å². The Kier molecular flexibility index (Phi) is 3.40. The van der Waals surface area contributed by atoms with Gasteiger partial charge in [-0.05, 0) is 29.2 Å². The number of nitrogens with one attached hydrogen (secondary N) is 1. The molecule has 2 aromatic carbocycles. The summed E-state index contributed by atoms with van der Waals surface area (Å²) in [6.07, 6.45) is 0.224. The van der Waals surface area contributed by atoms with E-state index in [4.69, 9.17) is 0 Å². The Bertz CT molecular complexity index is 745. The largest absolute Gasteiger partial charge is 0.292 e. The summed E-state index contributed by atoms with van der Waals surface area (Å²) in [7, 11) is 0. The Morgan fingerprint density at radius 2 is 1.57 bits per heavy atom. The first kappa shape index (κ1) is 13.3. The van der Waals surface area contributed by atoms with Crippen molar-refractivity contribution >= 4 is 23.0 Å². The fourth-order valence-electron chi connectivity index (χ4n) is 2.70. The van der Waals surface area contributed by atoms with Crippen molar-refractivity contribution in [1.82, 2.24) is 5.32 Å². The highest BCUT2D eigenvalue weighted by molar-refractivity contribution is 6.30. The summed E-state index contributed by atoms with van der Waals surface area (Å²) >= 11 is 0. The standard InChI is InChI=1S/C18H15NO2/c1-12-15-10-6-5-9-14(15)11-16(20)19-18(21)17(12)13-7-3-2-4-8-13/h2-10H,11H2,1H3,(H,19,20,21)/b17-12-. The molecule has 0 aromatic heterocycles. The van der Waals surface area contributed by atoms with Crippen LogP contribution in [-0.4, -0.2) is 11.8 Å². The van der Waals surface area contributed by atoms with Crippen LogP contribution in [0.1, 0.15) is 23.6 Å². The molecular weight excluding hydrogens is 262 g/mol. The lowest BCUT2D eigenvalue weighted by Crippen LogP contribution is -2.34. The lowest BCUT2D eigenvalue weighted by Gasteiger charge is -2.18. The number of benzene rings is 2. The van der Waals surface area contributed by atoms with Gasteiger partial charge in [-0.3, -0.25) is 14.9 Å². The van der Waals surface area contributed by atoms with Crippen molar-refractivity contribution in [2.75, 3.05) is 0 Å². The fraction of sp³-hybridized carbons (Fsp3) is 0.111. The SMILES string of the molecule is C/C1=C(\c2ccccc2)C(=O)NC(=O)Cc2ccccc21. The number of imide groups is 1. The van der Waals surface area contributed by atoms with Crippen molar-refractivity contribution in [3.63, 3.8) is 0 Å². The molecule has 1 aliphatic heterocycles. The number of hydrogen-bond donors (Lipinski definition) is 1. The van der Waals surface area contributed by atoms with Gasteiger partial charge >= 0.3 is 0 Å². The van der Waals surface area contributed by atoms with E-state index in [1.807, 2.05) is 61.5 Å². The fourth-order valence-corrected chi connectivity index (χ4v) is 2.70. The Morgan fingerprint density at radius 1 is 0.905 bits per heavy atom. The Morgan fingerprint density at radius 3 is 2.33 bits per heavy atom. The zero-order chi connectivity index (χ0) is 14.8. The molecule has 0 saturated carbocycles. The molecule has 0 atom stereocenters. The van der Waals surface area contributed by atoms with Gasteiger partial charge in [-0.2, -0.15) is 0 Å². The third-order valence-corrected chi connectivity index (χ3v) is 3.69. The third-order valence-electron chi connectivity index (χ3n) is 3.69. The molecule has 0 fully saturated rings. The first-order chi connectivity index (χ1) is 10.2. The second kappa shape index (κ2) is 5.37. The van der Waals surface area contributed by atoms with Crippen molar-refractivity contribution in [3.8, 4) is 0 Å². The first-order valence-electron chi connectivity index (χ1n) is 6.85. The molecule has 1 heterocycles. The topological polar surface area (TPSA) is 46.2 Å². The van der Waals surface area contributed by atoms with Gasteiger partial charge < -0.3 is 0 Å². The van der Waals surface area contributed by atoms with Crippen molar-refractivity contribution in [2.24, 2.45) is 0 Å². The van der Waals surface area contributed by atoms with E-state index in [0.717, 1.165) is 22.3 Å². The maximum atomic E-state index is 12.4. The summed E-state index contributed by atoms with van der Waals surface area (Å²) in [6, 6.07) is 17.2. The van der Waals surface area contributed by atoms with E-state index in [1.165, 1.54) is 0 Å². The summed E-state index contributed by atoms with van der Waals surface area (Å²) in [5, 5.41) is 2.47. The van der Waals surface area contributed by atoms with Crippen LogP contribution >= 0.6 is 0 Å². The average molecular weight is 277 g/mol. The number of allylic oxidation sites excluding steroid dienone is 1. The van der Waals surface area contributed by atoms with E-state index in [0.29, 0.717) is 5.57 Å². The van der Waals surface area contributed by atoms with Gasteiger partial charge in [0.25, 0.3) is 5.91 Å². The van der Waals surface area contributed by atoms with Gasteiger partial charge in [-0.15, -0.1) is 0 Å². The van der Waals surface area contributed by atoms with E-state index in [9.17, 15) is 9.59 Å². The molecule has 2 amide bonds. The van der Waals surface area contributed by atoms with E-state index in [2.05, 4.69) is 5.32 Å². The van der Waals surface area contributed by atoms with E-state index in [1.54, 1.807) is 0 Å². The Hall–Kier alpha value is -2.68. The number of amides is 2. The maximum absolute atomic E-state index is 12.4. The predicted octanol–water partition coefficient (Wildman–Crippen LogP) is 2.82. The number of fused-ring (bicyclic) bond motifs is 1. The number of rotatable bonds is 1. The monoisotopic (exact) mass is 277 g/mol. The molecule has 0 spiro atoms. The van der Waals surface area contributed by atoms with E-state index < -0.39 is 0 Å². The molecule has 1 N–H and O–H groups in total. The highest BCUT2D eigenvalue weighted by Gasteiger charge is 2.23. The van der Waals surface area contributed by atoms with Crippen LogP contribution in [0.2, 0.25) is 0 Å². The second-order valence-corrected chi connectivity index (χ2v) is 5.08. The summed E-state index contributed by atoms with van der Waals surface area (Å²) in [6.45, 7) is 1.93. The van der Waals surface area contributed by atoms with E-state index >= 15 is 0 Å². The summed E-state index contributed by atoms with van der Waals surface area (Å²) < 4.78 is 0. The van der Waals surface area contributed by atoms with Gasteiger partial charge in [-0.25, -0.2) is 0 Å². The minimum absolute atomic E-state index is 0.224. The van der Waals surface area contributed by atoms with Gasteiger partial charge in [0.05, 0.1) is 12.0 Å². The van der Waals surface area contributed by atoms with Crippen molar-refractivity contribution < 1.29 is 9.59 Å². The molecule has 21 heavy (non-hydrogen) atoms. The minimum atomic E-state index is -0.335. The van der Waals surface area contributed by atoms with Crippen molar-refractivity contribution in [1.29, 1.82) is 0 Å². The number of hydrogen-bond acceptors (Lipinski definition) is 2. The predicted molar refractivity (Wildman–Crippen MR) is 82.2 cm³/mol. The van der Waals surface area contributed by atoms with Gasteiger partial charge in [0.15, 0.2) is 0 Å². The maximum Gasteiger partial charge on any atom is 0.258 e. The van der Waals surface area contributed by atoms with Gasteiger partial charge in [-0.1, -0.05) is 54.6 Å². The molecule has 0 bridgehead atoms. The van der Waals surface area contributed by atoms with Crippen LogP contribution in [0, 0.1) is 0 Å². The Balaban J connectivity index is 2.27. The highest BCUT2D eigenvalue weighted by atomic mass is 16.2. The van der Waals surface area contributed by atoms with Crippen LogP contribution in [0.5, 0.6) is 0 Å². The van der Waals surface area contributed by atoms with Gasteiger partial charge in [0, 0.05) is 0 Å². The molecule has 0 unspecified atom stereocenters. The van der Waals surface area contributed by atoms with Gasteiger partial charge in [0.2, 0.25) is 5.91 Å². The molecule has 3 nitrogen and oxygen atoms in total. The molecule has 3 heteroatoms. The zero-order valence-electron chi connectivity index (χ0n) is 11.7. The van der Waals surface area contributed by atoms with Crippen LogP contribution in [-0.2, 0) is 16.0 Å². The molecule has 1 aliphatic rings. The van der Waals surface area contributed by atoms with Crippen LogP contribution in [0.15, 0.2) is 54.6 Å². The lowest BCUT2D eigenvalue weighted by atomic mass is 9.90.